The first-order valence-corrected chi connectivity index (χ1v) is 7.63. The van der Waals surface area contributed by atoms with Crippen molar-refractivity contribution < 1.29 is 4.74 Å². The highest BCUT2D eigenvalue weighted by molar-refractivity contribution is 7.80. The van der Waals surface area contributed by atoms with Crippen LogP contribution in [0.4, 0.5) is 0 Å². The highest BCUT2D eigenvalue weighted by Crippen LogP contribution is 2.15. The fourth-order valence-electron chi connectivity index (χ4n) is 2.77. The lowest BCUT2D eigenvalue weighted by molar-refractivity contribution is 0.0639. The summed E-state index contributed by atoms with van der Waals surface area (Å²) in [6.07, 6.45) is 2.66. The van der Waals surface area contributed by atoms with Crippen molar-refractivity contribution >= 4 is 17.3 Å². The van der Waals surface area contributed by atoms with Gasteiger partial charge in [0.1, 0.15) is 0 Å². The first-order chi connectivity index (χ1) is 9.81. The van der Waals surface area contributed by atoms with Gasteiger partial charge in [-0.2, -0.15) is 0 Å². The van der Waals surface area contributed by atoms with E-state index in [1.54, 1.807) is 0 Å². The van der Waals surface area contributed by atoms with Gasteiger partial charge in [-0.25, -0.2) is 0 Å². The fraction of sp³-hybridized carbons (Fsp3) is 0.533. The van der Waals surface area contributed by atoms with Crippen LogP contribution in [0, 0.1) is 0 Å². The molecule has 108 valence electrons. The number of hydrogen-bond donors (Lipinski definition) is 1. The maximum absolute atomic E-state index is 5.71. The summed E-state index contributed by atoms with van der Waals surface area (Å²) in [7, 11) is 0. The molecular formula is C15H21N3OS. The average Bonchev–Trinajstić information content (AvgIpc) is 2.97. The van der Waals surface area contributed by atoms with Gasteiger partial charge in [-0.05, 0) is 30.6 Å². The second-order valence-electron chi connectivity index (χ2n) is 5.45. The largest absolute Gasteiger partial charge is 0.376 e. The van der Waals surface area contributed by atoms with Crippen LogP contribution in [0.2, 0.25) is 0 Å². The van der Waals surface area contributed by atoms with Crippen molar-refractivity contribution in [3.8, 4) is 0 Å². The van der Waals surface area contributed by atoms with E-state index in [-0.39, 0.29) is 0 Å². The van der Waals surface area contributed by atoms with Crippen LogP contribution in [0.25, 0.3) is 0 Å². The number of thiocarbonyl (C=S) groups is 1. The van der Waals surface area contributed by atoms with Gasteiger partial charge in [-0.3, -0.25) is 4.90 Å². The molecule has 20 heavy (non-hydrogen) atoms. The molecule has 4 nitrogen and oxygen atoms in total. The molecular weight excluding hydrogens is 270 g/mol. The third-order valence-electron chi connectivity index (χ3n) is 3.81. The Bertz CT molecular complexity index is 448. The lowest BCUT2D eigenvalue weighted by atomic mass is 10.2. The molecule has 2 fully saturated rings. The number of hydrogen-bond acceptors (Lipinski definition) is 3. The predicted molar refractivity (Wildman–Crippen MR) is 83.1 cm³/mol. The molecule has 2 saturated heterocycles. The summed E-state index contributed by atoms with van der Waals surface area (Å²) in [5, 5.41) is 4.16. The molecule has 0 saturated carbocycles. The standard InChI is InChI=1S/C15H21N3OS/c20-15-16-11-17(9-13-5-2-1-3-6-13)12-18(15)10-14-7-4-8-19-14/h1-3,5-6,14H,4,7-12H2,(H,16,20). The van der Waals surface area contributed by atoms with E-state index in [4.69, 9.17) is 17.0 Å². The topological polar surface area (TPSA) is 27.7 Å². The molecule has 2 aliphatic rings. The van der Waals surface area contributed by atoms with Crippen LogP contribution in [0.3, 0.4) is 0 Å². The first kappa shape index (κ1) is 13.8. The highest BCUT2D eigenvalue weighted by atomic mass is 32.1. The summed E-state index contributed by atoms with van der Waals surface area (Å²) in [6.45, 7) is 4.43. The maximum atomic E-state index is 5.71. The molecule has 0 amide bonds. The van der Waals surface area contributed by atoms with Gasteiger partial charge in [0.2, 0.25) is 0 Å². The van der Waals surface area contributed by atoms with Gasteiger partial charge in [0, 0.05) is 19.7 Å². The van der Waals surface area contributed by atoms with Crippen molar-refractivity contribution in [1.29, 1.82) is 0 Å². The lowest BCUT2D eigenvalue weighted by Crippen LogP contribution is -2.57. The molecule has 0 aromatic heterocycles. The molecule has 5 heteroatoms. The van der Waals surface area contributed by atoms with Gasteiger partial charge in [0.25, 0.3) is 0 Å². The molecule has 1 unspecified atom stereocenters. The third-order valence-corrected chi connectivity index (χ3v) is 4.21. The summed E-state index contributed by atoms with van der Waals surface area (Å²) in [6, 6.07) is 10.6. The van der Waals surface area contributed by atoms with Gasteiger partial charge in [-0.15, -0.1) is 0 Å². The second-order valence-corrected chi connectivity index (χ2v) is 5.84. The summed E-state index contributed by atoms with van der Waals surface area (Å²) in [4.78, 5) is 4.58. The van der Waals surface area contributed by atoms with Gasteiger partial charge in [0.05, 0.1) is 19.4 Å². The molecule has 1 aromatic rings. The van der Waals surface area contributed by atoms with Crippen molar-refractivity contribution in [3.05, 3.63) is 35.9 Å². The number of nitrogens with one attached hydrogen (secondary N) is 1. The molecule has 2 heterocycles. The Morgan fingerprint density at radius 2 is 2.15 bits per heavy atom. The van der Waals surface area contributed by atoms with Gasteiger partial charge in [0.15, 0.2) is 5.11 Å². The molecule has 0 spiro atoms. The minimum Gasteiger partial charge on any atom is -0.376 e. The lowest BCUT2D eigenvalue weighted by Gasteiger charge is -2.39. The van der Waals surface area contributed by atoms with E-state index in [0.29, 0.717) is 6.10 Å². The highest BCUT2D eigenvalue weighted by Gasteiger charge is 2.25. The van der Waals surface area contributed by atoms with Crippen LogP contribution in [0.1, 0.15) is 18.4 Å². The Kier molecular flexibility index (Phi) is 4.50. The van der Waals surface area contributed by atoms with Gasteiger partial charge < -0.3 is 15.0 Å². The van der Waals surface area contributed by atoms with E-state index in [0.717, 1.165) is 44.6 Å². The summed E-state index contributed by atoms with van der Waals surface area (Å²) >= 11 is 5.41. The predicted octanol–water partition coefficient (Wildman–Crippen LogP) is 1.77. The Hall–Kier alpha value is -1.17. The SMILES string of the molecule is S=C1NCN(Cc2ccccc2)CN1CC1CCCO1. The van der Waals surface area contributed by atoms with E-state index in [1.807, 2.05) is 0 Å². The fourth-order valence-corrected chi connectivity index (χ4v) is 2.97. The molecule has 0 radical (unpaired) electrons. The summed E-state index contributed by atoms with van der Waals surface area (Å²) < 4.78 is 5.71. The van der Waals surface area contributed by atoms with E-state index >= 15 is 0 Å². The zero-order valence-electron chi connectivity index (χ0n) is 11.6. The molecule has 0 bridgehead atoms. The number of benzene rings is 1. The molecule has 1 atom stereocenters. The molecule has 0 aliphatic carbocycles. The van der Waals surface area contributed by atoms with Gasteiger partial charge >= 0.3 is 0 Å². The van der Waals surface area contributed by atoms with Crippen molar-refractivity contribution in [2.45, 2.75) is 25.5 Å². The third kappa shape index (κ3) is 3.48. The first-order valence-electron chi connectivity index (χ1n) is 7.22. The van der Waals surface area contributed by atoms with E-state index in [1.165, 1.54) is 12.0 Å². The smallest absolute Gasteiger partial charge is 0.171 e. The van der Waals surface area contributed by atoms with Gasteiger partial charge in [-0.1, -0.05) is 30.3 Å². The van der Waals surface area contributed by atoms with Crippen LogP contribution >= 0.6 is 12.2 Å². The molecule has 1 aromatic carbocycles. The van der Waals surface area contributed by atoms with Crippen LogP contribution in [0.5, 0.6) is 0 Å². The number of ether oxygens (including phenoxy) is 1. The summed E-state index contributed by atoms with van der Waals surface area (Å²) in [5.74, 6) is 0. The van der Waals surface area contributed by atoms with Crippen molar-refractivity contribution in [3.63, 3.8) is 0 Å². The van der Waals surface area contributed by atoms with E-state index in [9.17, 15) is 0 Å². The monoisotopic (exact) mass is 291 g/mol. The van der Waals surface area contributed by atoms with Crippen molar-refractivity contribution in [1.82, 2.24) is 15.1 Å². The maximum Gasteiger partial charge on any atom is 0.171 e. The zero-order chi connectivity index (χ0) is 13.8. The van der Waals surface area contributed by atoms with E-state index in [2.05, 4.69) is 45.4 Å². The average molecular weight is 291 g/mol. The Balaban J connectivity index is 1.56. The number of nitrogens with zero attached hydrogens (tertiary/aromatic N) is 2. The molecule has 1 N–H and O–H groups in total. The Labute approximate surface area is 125 Å². The van der Waals surface area contributed by atoms with E-state index < -0.39 is 0 Å². The van der Waals surface area contributed by atoms with Crippen LogP contribution in [0.15, 0.2) is 30.3 Å². The van der Waals surface area contributed by atoms with Crippen LogP contribution < -0.4 is 5.32 Å². The number of rotatable bonds is 4. The minimum atomic E-state index is 0.339. The molecule has 2 aliphatic heterocycles. The Morgan fingerprint density at radius 3 is 2.90 bits per heavy atom. The van der Waals surface area contributed by atoms with Crippen molar-refractivity contribution in [2.24, 2.45) is 0 Å². The molecule has 3 rings (SSSR count). The van der Waals surface area contributed by atoms with Crippen molar-refractivity contribution in [2.75, 3.05) is 26.5 Å². The van der Waals surface area contributed by atoms with Crippen LogP contribution in [-0.2, 0) is 11.3 Å². The zero-order valence-corrected chi connectivity index (χ0v) is 12.4. The second kappa shape index (κ2) is 6.52. The summed E-state index contributed by atoms with van der Waals surface area (Å²) in [5.41, 5.74) is 1.33. The van der Waals surface area contributed by atoms with Crippen LogP contribution in [-0.4, -0.2) is 47.5 Å². The normalized spacial score (nSPS) is 23.9. The minimum absolute atomic E-state index is 0.339. The Morgan fingerprint density at radius 1 is 1.30 bits per heavy atom. The quantitative estimate of drug-likeness (QED) is 0.854.